The zero-order valence-electron chi connectivity index (χ0n) is 15.7. The molecule has 2 N–H and O–H groups in total. The summed E-state index contributed by atoms with van der Waals surface area (Å²) in [5.41, 5.74) is 0.676. The predicted octanol–water partition coefficient (Wildman–Crippen LogP) is 1.85. The maximum atomic E-state index is 12.4. The smallest absolute Gasteiger partial charge is 0.345 e. The summed E-state index contributed by atoms with van der Waals surface area (Å²) in [6.45, 7) is 2.18. The van der Waals surface area contributed by atoms with Crippen molar-refractivity contribution in [1.82, 2.24) is 14.8 Å². The third-order valence-corrected chi connectivity index (χ3v) is 5.15. The first-order valence-electron chi connectivity index (χ1n) is 8.77. The number of ether oxygens (including phenoxy) is 1. The zero-order chi connectivity index (χ0) is 20.8. The molecule has 12 heteroatoms. The molecule has 1 aliphatic rings. The molecule has 1 aromatic heterocycles. The molecule has 0 unspecified atom stereocenters. The fraction of sp³-hybridized carbons (Fsp3) is 0.353. The van der Waals surface area contributed by atoms with Crippen molar-refractivity contribution < 1.29 is 19.2 Å². The highest BCUT2D eigenvalue weighted by Gasteiger charge is 2.23. The first-order valence-corrected chi connectivity index (χ1v) is 9.58. The van der Waals surface area contributed by atoms with Crippen LogP contribution in [0.5, 0.6) is 5.75 Å². The Kier molecular flexibility index (Phi) is 6.57. The Morgan fingerprint density at radius 3 is 2.48 bits per heavy atom. The van der Waals surface area contributed by atoms with Crippen molar-refractivity contribution in [3.8, 4) is 5.75 Å². The number of urea groups is 1. The Labute approximate surface area is 170 Å². The Balaban J connectivity index is 1.42. The van der Waals surface area contributed by atoms with Gasteiger partial charge in [-0.25, -0.2) is 9.78 Å². The summed E-state index contributed by atoms with van der Waals surface area (Å²) in [5, 5.41) is 16.1. The maximum Gasteiger partial charge on any atom is 0.345 e. The van der Waals surface area contributed by atoms with Crippen LogP contribution in [0.1, 0.15) is 0 Å². The first-order chi connectivity index (χ1) is 13.9. The van der Waals surface area contributed by atoms with Crippen LogP contribution >= 0.6 is 11.3 Å². The van der Waals surface area contributed by atoms with Gasteiger partial charge in [0.1, 0.15) is 11.9 Å². The molecule has 0 aliphatic carbocycles. The Bertz CT molecular complexity index is 879. The van der Waals surface area contributed by atoms with Gasteiger partial charge in [-0.2, -0.15) is 0 Å². The van der Waals surface area contributed by atoms with Crippen LogP contribution in [-0.4, -0.2) is 71.5 Å². The fourth-order valence-electron chi connectivity index (χ4n) is 2.76. The van der Waals surface area contributed by atoms with E-state index in [9.17, 15) is 19.7 Å². The molecule has 0 radical (unpaired) electrons. The van der Waals surface area contributed by atoms with Gasteiger partial charge in [0.05, 0.1) is 18.6 Å². The third-order valence-electron chi connectivity index (χ3n) is 4.29. The second kappa shape index (κ2) is 9.30. The minimum absolute atomic E-state index is 0.126. The molecule has 3 amide bonds. The van der Waals surface area contributed by atoms with Crippen molar-refractivity contribution in [2.75, 3.05) is 50.5 Å². The quantitative estimate of drug-likeness (QED) is 0.539. The molecule has 1 aliphatic heterocycles. The Morgan fingerprint density at radius 2 is 1.90 bits per heavy atom. The van der Waals surface area contributed by atoms with Crippen molar-refractivity contribution in [2.24, 2.45) is 0 Å². The summed E-state index contributed by atoms with van der Waals surface area (Å²) >= 11 is 0.809. The van der Waals surface area contributed by atoms with Crippen molar-refractivity contribution in [1.29, 1.82) is 0 Å². The number of rotatable bonds is 6. The largest absolute Gasteiger partial charge is 0.497 e. The third kappa shape index (κ3) is 5.62. The van der Waals surface area contributed by atoms with Gasteiger partial charge in [0.15, 0.2) is 5.13 Å². The van der Waals surface area contributed by atoms with E-state index >= 15 is 0 Å². The molecule has 29 heavy (non-hydrogen) atoms. The number of amides is 3. The van der Waals surface area contributed by atoms with Crippen LogP contribution in [-0.2, 0) is 4.79 Å². The average molecular weight is 420 g/mol. The average Bonchev–Trinajstić information content (AvgIpc) is 3.17. The van der Waals surface area contributed by atoms with Gasteiger partial charge in [0.25, 0.3) is 0 Å². The molecule has 0 atom stereocenters. The van der Waals surface area contributed by atoms with E-state index in [1.165, 1.54) is 0 Å². The minimum atomic E-state index is -0.552. The molecule has 0 spiro atoms. The van der Waals surface area contributed by atoms with E-state index in [-0.39, 0.29) is 28.6 Å². The highest BCUT2D eigenvalue weighted by Crippen LogP contribution is 2.24. The maximum absolute atomic E-state index is 12.4. The SMILES string of the molecule is COc1ccc(NC(=O)N2CCN(CC(=O)Nc3ncc([N+](=O)[O-])s3)CC2)cc1. The number of hydrogen-bond donors (Lipinski definition) is 2. The lowest BCUT2D eigenvalue weighted by Crippen LogP contribution is -2.51. The number of nitrogens with zero attached hydrogens (tertiary/aromatic N) is 4. The number of nitro groups is 1. The van der Waals surface area contributed by atoms with Crippen LogP contribution in [0.15, 0.2) is 30.5 Å². The summed E-state index contributed by atoms with van der Waals surface area (Å²) < 4.78 is 5.09. The van der Waals surface area contributed by atoms with Crippen molar-refractivity contribution in [3.05, 3.63) is 40.6 Å². The van der Waals surface area contributed by atoms with Gasteiger partial charge < -0.3 is 20.3 Å². The van der Waals surface area contributed by atoms with E-state index < -0.39 is 4.92 Å². The summed E-state index contributed by atoms with van der Waals surface area (Å²) in [4.78, 5) is 42.0. The highest BCUT2D eigenvalue weighted by atomic mass is 32.1. The first kappa shape index (κ1) is 20.5. The number of aromatic nitrogens is 1. The topological polar surface area (TPSA) is 130 Å². The lowest BCUT2D eigenvalue weighted by Gasteiger charge is -2.34. The van der Waals surface area contributed by atoms with E-state index in [1.54, 1.807) is 36.3 Å². The number of carbonyl (C=O) groups excluding carboxylic acids is 2. The number of anilines is 2. The zero-order valence-corrected chi connectivity index (χ0v) is 16.5. The molecule has 0 bridgehead atoms. The monoisotopic (exact) mass is 420 g/mol. The van der Waals surface area contributed by atoms with Gasteiger partial charge in [0.2, 0.25) is 5.91 Å². The van der Waals surface area contributed by atoms with Crippen molar-refractivity contribution in [3.63, 3.8) is 0 Å². The summed E-state index contributed by atoms with van der Waals surface area (Å²) in [6, 6.07) is 6.86. The lowest BCUT2D eigenvalue weighted by molar-refractivity contribution is -0.380. The van der Waals surface area contributed by atoms with Crippen LogP contribution in [0.3, 0.4) is 0 Å². The molecule has 1 fully saturated rings. The highest BCUT2D eigenvalue weighted by molar-refractivity contribution is 7.18. The van der Waals surface area contributed by atoms with E-state index in [2.05, 4.69) is 15.6 Å². The molecule has 0 saturated carbocycles. The van der Waals surface area contributed by atoms with Crippen molar-refractivity contribution >= 4 is 39.1 Å². The van der Waals surface area contributed by atoms with Gasteiger partial charge in [0, 0.05) is 31.9 Å². The van der Waals surface area contributed by atoms with Gasteiger partial charge in [-0.1, -0.05) is 0 Å². The van der Waals surface area contributed by atoms with Crippen LogP contribution < -0.4 is 15.4 Å². The molecule has 2 aromatic rings. The number of methoxy groups -OCH3 is 1. The molecule has 3 rings (SSSR count). The molecule has 1 saturated heterocycles. The molecule has 11 nitrogen and oxygen atoms in total. The van der Waals surface area contributed by atoms with E-state index in [1.807, 2.05) is 4.90 Å². The number of carbonyl (C=O) groups is 2. The number of hydrogen-bond acceptors (Lipinski definition) is 8. The molecule has 1 aromatic carbocycles. The summed E-state index contributed by atoms with van der Waals surface area (Å²) in [6.07, 6.45) is 1.11. The number of piperazine rings is 1. The fourth-order valence-corrected chi connectivity index (χ4v) is 3.40. The number of benzene rings is 1. The van der Waals surface area contributed by atoms with Gasteiger partial charge >= 0.3 is 11.0 Å². The van der Waals surface area contributed by atoms with E-state index in [4.69, 9.17) is 4.74 Å². The Hall–Kier alpha value is -3.25. The van der Waals surface area contributed by atoms with Crippen molar-refractivity contribution in [2.45, 2.75) is 0 Å². The van der Waals surface area contributed by atoms with E-state index in [0.717, 1.165) is 17.5 Å². The van der Waals surface area contributed by atoms with Gasteiger partial charge in [-0.05, 0) is 35.6 Å². The normalized spacial score (nSPS) is 14.3. The molecular formula is C17H20N6O5S. The second-order valence-corrected chi connectivity index (χ2v) is 7.24. The van der Waals surface area contributed by atoms with Crippen LogP contribution in [0.25, 0.3) is 0 Å². The number of thiazole rings is 1. The second-order valence-electron chi connectivity index (χ2n) is 6.23. The molecule has 2 heterocycles. The van der Waals surface area contributed by atoms with Crippen LogP contribution in [0.2, 0.25) is 0 Å². The van der Waals surface area contributed by atoms with Gasteiger partial charge in [-0.15, -0.1) is 0 Å². The lowest BCUT2D eigenvalue weighted by atomic mass is 10.3. The number of nitrogens with one attached hydrogen (secondary N) is 2. The van der Waals surface area contributed by atoms with Crippen LogP contribution in [0, 0.1) is 10.1 Å². The predicted molar refractivity (Wildman–Crippen MR) is 107 cm³/mol. The standard InChI is InChI=1S/C17H20N6O5S/c1-28-13-4-2-12(3-5-13)19-17(25)22-8-6-21(7-9-22)11-14(24)20-16-18-10-15(29-16)23(26)27/h2-5,10H,6-9,11H2,1H3,(H,19,25)(H,18,20,24). The Morgan fingerprint density at radius 1 is 1.21 bits per heavy atom. The summed E-state index contributed by atoms with van der Waals surface area (Å²) in [5.74, 6) is 0.410. The summed E-state index contributed by atoms with van der Waals surface area (Å²) in [7, 11) is 1.58. The molecule has 154 valence electrons. The van der Waals surface area contributed by atoms with Crippen LogP contribution in [0.4, 0.5) is 20.6 Å². The minimum Gasteiger partial charge on any atom is -0.497 e. The van der Waals surface area contributed by atoms with Gasteiger partial charge in [-0.3, -0.25) is 19.8 Å². The van der Waals surface area contributed by atoms with E-state index in [0.29, 0.717) is 37.6 Å². The molecular weight excluding hydrogens is 400 g/mol.